The van der Waals surface area contributed by atoms with Crippen molar-refractivity contribution in [1.82, 2.24) is 4.31 Å². The molecule has 4 nitrogen and oxygen atoms in total. The first kappa shape index (κ1) is 13.7. The summed E-state index contributed by atoms with van der Waals surface area (Å²) in [4.78, 5) is 11.7. The topological polar surface area (TPSA) is 54.5 Å². The van der Waals surface area contributed by atoms with Gasteiger partial charge in [-0.2, -0.15) is 4.31 Å². The fourth-order valence-corrected chi connectivity index (χ4v) is 4.10. The zero-order valence-electron chi connectivity index (χ0n) is 9.97. The predicted molar refractivity (Wildman–Crippen MR) is 71.7 cm³/mol. The van der Waals surface area contributed by atoms with E-state index < -0.39 is 10.0 Å². The summed E-state index contributed by atoms with van der Waals surface area (Å²) in [6, 6.07) is 6.62. The second-order valence-corrected chi connectivity index (χ2v) is 7.29. The molecule has 0 bridgehead atoms. The maximum atomic E-state index is 12.4. The Labute approximate surface area is 115 Å². The number of hydrogen-bond donors (Lipinski definition) is 0. The van der Waals surface area contributed by atoms with Gasteiger partial charge in [-0.1, -0.05) is 28.9 Å². The van der Waals surface area contributed by atoms with E-state index >= 15 is 0 Å². The first-order valence-electron chi connectivity index (χ1n) is 5.69. The molecule has 1 fully saturated rings. The van der Waals surface area contributed by atoms with Crippen molar-refractivity contribution in [2.24, 2.45) is 5.92 Å². The van der Waals surface area contributed by atoms with Gasteiger partial charge in [0.2, 0.25) is 10.0 Å². The molecule has 1 saturated heterocycles. The Morgan fingerprint density at radius 2 is 2.11 bits per heavy atom. The number of rotatable bonds is 2. The van der Waals surface area contributed by atoms with Crippen molar-refractivity contribution in [2.45, 2.75) is 18.2 Å². The van der Waals surface area contributed by atoms with Crippen LogP contribution < -0.4 is 0 Å². The summed E-state index contributed by atoms with van der Waals surface area (Å²) in [5, 5.41) is 0. The van der Waals surface area contributed by atoms with E-state index in [1.807, 2.05) is 0 Å². The van der Waals surface area contributed by atoms with Gasteiger partial charge in [0.15, 0.2) is 0 Å². The van der Waals surface area contributed by atoms with Crippen LogP contribution in [-0.2, 0) is 14.8 Å². The van der Waals surface area contributed by atoms with E-state index in [0.29, 0.717) is 6.42 Å². The third kappa shape index (κ3) is 2.65. The van der Waals surface area contributed by atoms with Gasteiger partial charge < -0.3 is 0 Å². The molecular formula is C12H14BrNO3S. The molecule has 18 heavy (non-hydrogen) atoms. The Balaban J connectivity index is 2.29. The highest BCUT2D eigenvalue weighted by molar-refractivity contribution is 9.10. The molecule has 6 heteroatoms. The summed E-state index contributed by atoms with van der Waals surface area (Å²) in [5.74, 6) is -0.0867. The van der Waals surface area contributed by atoms with E-state index in [1.54, 1.807) is 31.2 Å². The van der Waals surface area contributed by atoms with Crippen molar-refractivity contribution < 1.29 is 13.2 Å². The molecule has 1 aromatic carbocycles. The molecule has 2 rings (SSSR count). The van der Waals surface area contributed by atoms with Crippen LogP contribution in [-0.4, -0.2) is 31.6 Å². The smallest absolute Gasteiger partial charge is 0.243 e. The van der Waals surface area contributed by atoms with Crippen molar-refractivity contribution in [3.05, 3.63) is 28.7 Å². The van der Waals surface area contributed by atoms with Gasteiger partial charge in [-0.05, 0) is 18.2 Å². The van der Waals surface area contributed by atoms with Gasteiger partial charge >= 0.3 is 0 Å². The molecule has 0 aliphatic carbocycles. The lowest BCUT2D eigenvalue weighted by atomic mass is 10.0. The Morgan fingerprint density at radius 1 is 1.39 bits per heavy atom. The van der Waals surface area contributed by atoms with Crippen molar-refractivity contribution in [3.63, 3.8) is 0 Å². The van der Waals surface area contributed by atoms with Gasteiger partial charge in [-0.3, -0.25) is 4.79 Å². The van der Waals surface area contributed by atoms with Gasteiger partial charge in [0, 0.05) is 29.9 Å². The second kappa shape index (κ2) is 5.11. The van der Waals surface area contributed by atoms with Crippen LogP contribution in [0.2, 0.25) is 0 Å². The lowest BCUT2D eigenvalue weighted by Crippen LogP contribution is -2.43. The molecule has 1 aliphatic heterocycles. The largest absolute Gasteiger partial charge is 0.299 e. The fourth-order valence-electron chi connectivity index (χ4n) is 1.97. The minimum absolute atomic E-state index is 0.135. The average molecular weight is 332 g/mol. The van der Waals surface area contributed by atoms with Crippen molar-refractivity contribution in [1.29, 1.82) is 0 Å². The monoisotopic (exact) mass is 331 g/mol. The molecule has 1 unspecified atom stereocenters. The Bertz CT molecular complexity index is 570. The standard InChI is InChI=1S/C12H14BrNO3S/c1-9-8-14(6-5-12(9)15)18(16,17)11-4-2-3-10(13)7-11/h2-4,7,9H,5-6,8H2,1H3. The minimum Gasteiger partial charge on any atom is -0.299 e. The highest BCUT2D eigenvalue weighted by Gasteiger charge is 2.32. The van der Waals surface area contributed by atoms with Gasteiger partial charge in [0.1, 0.15) is 5.78 Å². The van der Waals surface area contributed by atoms with E-state index in [-0.39, 0.29) is 29.7 Å². The van der Waals surface area contributed by atoms with Crippen LogP contribution in [0.15, 0.2) is 33.6 Å². The maximum absolute atomic E-state index is 12.4. The fraction of sp³-hybridized carbons (Fsp3) is 0.417. The number of nitrogens with zero attached hydrogens (tertiary/aromatic N) is 1. The normalized spacial score (nSPS) is 22.1. The molecule has 0 spiro atoms. The summed E-state index contributed by atoms with van der Waals surface area (Å²) >= 11 is 3.26. The van der Waals surface area contributed by atoms with E-state index in [1.165, 1.54) is 4.31 Å². The van der Waals surface area contributed by atoms with E-state index in [9.17, 15) is 13.2 Å². The molecule has 1 aliphatic rings. The molecule has 0 radical (unpaired) electrons. The Kier molecular flexibility index (Phi) is 3.89. The second-order valence-electron chi connectivity index (χ2n) is 4.44. The number of halogens is 1. The number of carbonyl (C=O) groups excluding carboxylic acids is 1. The molecule has 1 aromatic rings. The van der Waals surface area contributed by atoms with Gasteiger partial charge in [0.05, 0.1) is 4.90 Å². The molecule has 0 N–H and O–H groups in total. The third-order valence-electron chi connectivity index (χ3n) is 3.07. The van der Waals surface area contributed by atoms with E-state index in [2.05, 4.69) is 15.9 Å². The average Bonchev–Trinajstić information content (AvgIpc) is 2.32. The highest BCUT2D eigenvalue weighted by Crippen LogP contribution is 2.23. The summed E-state index contributed by atoms with van der Waals surface area (Å²) in [5.41, 5.74) is 0. The number of sulfonamides is 1. The quantitative estimate of drug-likeness (QED) is 0.833. The first-order chi connectivity index (χ1) is 8.41. The Hall–Kier alpha value is -0.720. The lowest BCUT2D eigenvalue weighted by Gasteiger charge is -2.29. The molecule has 1 atom stereocenters. The number of Topliss-reactive ketones (excluding diaryl/α,β-unsaturated/α-hetero) is 1. The molecule has 0 amide bonds. The van der Waals surface area contributed by atoms with Gasteiger partial charge in [0.25, 0.3) is 0 Å². The van der Waals surface area contributed by atoms with Crippen LogP contribution in [0.1, 0.15) is 13.3 Å². The van der Waals surface area contributed by atoms with Crippen LogP contribution in [0.3, 0.4) is 0 Å². The molecule has 98 valence electrons. The third-order valence-corrected chi connectivity index (χ3v) is 5.42. The number of benzene rings is 1. The number of carbonyl (C=O) groups is 1. The first-order valence-corrected chi connectivity index (χ1v) is 7.93. The molecule has 0 aromatic heterocycles. The maximum Gasteiger partial charge on any atom is 0.243 e. The SMILES string of the molecule is CC1CN(S(=O)(=O)c2cccc(Br)c2)CCC1=O. The van der Waals surface area contributed by atoms with Crippen molar-refractivity contribution in [2.75, 3.05) is 13.1 Å². The molecule has 0 saturated carbocycles. The highest BCUT2D eigenvalue weighted by atomic mass is 79.9. The predicted octanol–water partition coefficient (Wildman–Crippen LogP) is 2.05. The number of ketones is 1. The van der Waals surface area contributed by atoms with Gasteiger partial charge in [-0.15, -0.1) is 0 Å². The molecule has 1 heterocycles. The minimum atomic E-state index is -3.49. The van der Waals surface area contributed by atoms with Crippen LogP contribution in [0, 0.1) is 5.92 Å². The lowest BCUT2D eigenvalue weighted by molar-refractivity contribution is -0.124. The number of hydrogen-bond acceptors (Lipinski definition) is 3. The summed E-state index contributed by atoms with van der Waals surface area (Å²) in [6.07, 6.45) is 0.300. The van der Waals surface area contributed by atoms with Gasteiger partial charge in [-0.25, -0.2) is 8.42 Å². The Morgan fingerprint density at radius 3 is 2.72 bits per heavy atom. The summed E-state index contributed by atoms with van der Waals surface area (Å²) in [6.45, 7) is 2.32. The number of piperidine rings is 1. The summed E-state index contributed by atoms with van der Waals surface area (Å²) in [7, 11) is -3.49. The van der Waals surface area contributed by atoms with E-state index in [0.717, 1.165) is 4.47 Å². The van der Waals surface area contributed by atoms with Crippen molar-refractivity contribution >= 4 is 31.7 Å². The van der Waals surface area contributed by atoms with Crippen LogP contribution >= 0.6 is 15.9 Å². The zero-order chi connectivity index (χ0) is 13.3. The molecular weight excluding hydrogens is 318 g/mol. The van der Waals surface area contributed by atoms with Crippen LogP contribution in [0.4, 0.5) is 0 Å². The zero-order valence-corrected chi connectivity index (χ0v) is 12.4. The summed E-state index contributed by atoms with van der Waals surface area (Å²) < 4.78 is 26.9. The van der Waals surface area contributed by atoms with E-state index in [4.69, 9.17) is 0 Å². The van der Waals surface area contributed by atoms with Crippen LogP contribution in [0.5, 0.6) is 0 Å². The van der Waals surface area contributed by atoms with Crippen LogP contribution in [0.25, 0.3) is 0 Å². The van der Waals surface area contributed by atoms with Crippen molar-refractivity contribution in [3.8, 4) is 0 Å².